The molecule has 3 aromatic carbocycles. The van der Waals surface area contributed by atoms with Gasteiger partial charge in [0.2, 0.25) is 0 Å². The van der Waals surface area contributed by atoms with Crippen molar-refractivity contribution < 1.29 is 0 Å². The highest BCUT2D eigenvalue weighted by Gasteiger charge is 2.09. The van der Waals surface area contributed by atoms with Crippen molar-refractivity contribution in [1.29, 1.82) is 0 Å². The third kappa shape index (κ3) is 2.47. The Kier molecular flexibility index (Phi) is 3.43. The van der Waals surface area contributed by atoms with Gasteiger partial charge in [-0.2, -0.15) is 0 Å². The van der Waals surface area contributed by atoms with Crippen LogP contribution in [-0.2, 0) is 6.42 Å². The van der Waals surface area contributed by atoms with Gasteiger partial charge in [-0.05, 0) is 58.3 Å². The molecule has 0 saturated carbocycles. The first-order valence-electron chi connectivity index (χ1n) is 6.95. The molecule has 0 atom stereocenters. The zero-order valence-electron chi connectivity index (χ0n) is 11.3. The summed E-state index contributed by atoms with van der Waals surface area (Å²) in [4.78, 5) is 0. The lowest BCUT2D eigenvalue weighted by Crippen LogP contribution is -1.91. The summed E-state index contributed by atoms with van der Waals surface area (Å²) in [6.45, 7) is 0. The lowest BCUT2D eigenvalue weighted by atomic mass is 10.0. The molecule has 0 aliphatic rings. The summed E-state index contributed by atoms with van der Waals surface area (Å²) >= 11 is 4.36. The first-order chi connectivity index (χ1) is 10.3. The van der Waals surface area contributed by atoms with Crippen LogP contribution >= 0.6 is 33.9 Å². The largest absolute Gasteiger partial charge is 0.135 e. The van der Waals surface area contributed by atoms with Crippen LogP contribution in [0.4, 0.5) is 0 Å². The lowest BCUT2D eigenvalue weighted by molar-refractivity contribution is 1.19. The molecule has 1 aromatic heterocycles. The summed E-state index contributed by atoms with van der Waals surface area (Å²) in [6.07, 6.45) is 1.00. The molecular weight excluding hydrogens is 387 g/mol. The number of halogens is 1. The van der Waals surface area contributed by atoms with E-state index in [0.717, 1.165) is 6.42 Å². The zero-order chi connectivity index (χ0) is 14.2. The minimum Gasteiger partial charge on any atom is -0.135 e. The van der Waals surface area contributed by atoms with Crippen molar-refractivity contribution >= 4 is 54.1 Å². The zero-order valence-corrected chi connectivity index (χ0v) is 14.3. The normalized spacial score (nSPS) is 11.3. The number of benzene rings is 3. The molecule has 4 aromatic rings. The van der Waals surface area contributed by atoms with Gasteiger partial charge in [-0.15, -0.1) is 11.3 Å². The van der Waals surface area contributed by atoms with E-state index < -0.39 is 0 Å². The fraction of sp³-hybridized carbons (Fsp3) is 0.0526. The quantitative estimate of drug-likeness (QED) is 0.349. The second-order valence-electron chi connectivity index (χ2n) is 5.20. The highest BCUT2D eigenvalue weighted by atomic mass is 127. The van der Waals surface area contributed by atoms with E-state index in [2.05, 4.69) is 89.3 Å². The monoisotopic (exact) mass is 400 g/mol. The van der Waals surface area contributed by atoms with Gasteiger partial charge in [-0.3, -0.25) is 0 Å². The first-order valence-corrected chi connectivity index (χ1v) is 8.84. The second kappa shape index (κ2) is 5.43. The first kappa shape index (κ1) is 13.3. The van der Waals surface area contributed by atoms with Gasteiger partial charge >= 0.3 is 0 Å². The summed E-state index contributed by atoms with van der Waals surface area (Å²) in [5, 5.41) is 2.76. The van der Waals surface area contributed by atoms with Crippen molar-refractivity contribution in [2.75, 3.05) is 0 Å². The standard InChI is InChI=1S/C19H13IS/c20-17-12-16-15-8-4-5-9-18(15)21-19(16)11-14(17)10-13-6-2-1-3-7-13/h1-9,11-12H,10H2. The van der Waals surface area contributed by atoms with Crippen molar-refractivity contribution in [3.63, 3.8) is 0 Å². The molecule has 102 valence electrons. The van der Waals surface area contributed by atoms with Crippen LogP contribution in [0.3, 0.4) is 0 Å². The molecule has 0 N–H and O–H groups in total. The van der Waals surface area contributed by atoms with Gasteiger partial charge in [0.15, 0.2) is 0 Å². The van der Waals surface area contributed by atoms with Crippen molar-refractivity contribution in [1.82, 2.24) is 0 Å². The Bertz CT molecular complexity index is 922. The molecule has 4 rings (SSSR count). The smallest absolute Gasteiger partial charge is 0.0359 e. The van der Waals surface area contributed by atoms with Crippen molar-refractivity contribution in [3.8, 4) is 0 Å². The molecule has 0 amide bonds. The van der Waals surface area contributed by atoms with E-state index in [1.165, 1.54) is 34.9 Å². The molecule has 0 saturated heterocycles. The average molecular weight is 400 g/mol. The Labute approximate surface area is 141 Å². The third-order valence-electron chi connectivity index (χ3n) is 3.78. The predicted octanol–water partition coefficient (Wildman–Crippen LogP) is 6.25. The molecular formula is C19H13IS. The molecule has 0 spiro atoms. The van der Waals surface area contributed by atoms with E-state index in [-0.39, 0.29) is 0 Å². The van der Waals surface area contributed by atoms with E-state index in [9.17, 15) is 0 Å². The van der Waals surface area contributed by atoms with Crippen LogP contribution < -0.4 is 0 Å². The van der Waals surface area contributed by atoms with Gasteiger partial charge in [0.1, 0.15) is 0 Å². The number of rotatable bonds is 2. The number of thiophene rings is 1. The average Bonchev–Trinajstić information content (AvgIpc) is 2.86. The minimum atomic E-state index is 1.00. The summed E-state index contributed by atoms with van der Waals surface area (Å²) in [6, 6.07) is 24.1. The Morgan fingerprint density at radius 2 is 1.52 bits per heavy atom. The number of hydrogen-bond donors (Lipinski definition) is 0. The third-order valence-corrected chi connectivity index (χ3v) is 5.92. The molecule has 0 unspecified atom stereocenters. The fourth-order valence-corrected chi connectivity index (χ4v) is 4.55. The maximum atomic E-state index is 2.47. The van der Waals surface area contributed by atoms with Crippen molar-refractivity contribution in [2.24, 2.45) is 0 Å². The van der Waals surface area contributed by atoms with Crippen LogP contribution in [0.15, 0.2) is 66.7 Å². The second-order valence-corrected chi connectivity index (χ2v) is 7.45. The maximum Gasteiger partial charge on any atom is 0.0359 e. The fourth-order valence-electron chi connectivity index (χ4n) is 2.74. The Balaban J connectivity index is 1.87. The summed E-state index contributed by atoms with van der Waals surface area (Å²) in [5.41, 5.74) is 2.79. The van der Waals surface area contributed by atoms with Gasteiger partial charge in [0, 0.05) is 23.7 Å². The van der Waals surface area contributed by atoms with Gasteiger partial charge < -0.3 is 0 Å². The molecule has 0 nitrogen and oxygen atoms in total. The molecule has 0 aliphatic heterocycles. The molecule has 0 bridgehead atoms. The summed E-state index contributed by atoms with van der Waals surface area (Å²) in [7, 11) is 0. The molecule has 0 fully saturated rings. The number of fused-ring (bicyclic) bond motifs is 3. The summed E-state index contributed by atoms with van der Waals surface area (Å²) < 4.78 is 4.12. The van der Waals surface area contributed by atoms with Crippen LogP contribution in [-0.4, -0.2) is 0 Å². The van der Waals surface area contributed by atoms with Crippen LogP contribution in [0.1, 0.15) is 11.1 Å². The van der Waals surface area contributed by atoms with E-state index in [1.54, 1.807) is 0 Å². The number of hydrogen-bond acceptors (Lipinski definition) is 1. The Hall–Kier alpha value is -1.39. The lowest BCUT2D eigenvalue weighted by Gasteiger charge is -2.05. The Morgan fingerprint density at radius 1 is 0.762 bits per heavy atom. The Morgan fingerprint density at radius 3 is 2.38 bits per heavy atom. The van der Waals surface area contributed by atoms with Crippen LogP contribution in [0, 0.1) is 3.57 Å². The predicted molar refractivity (Wildman–Crippen MR) is 101 cm³/mol. The highest BCUT2D eigenvalue weighted by Crippen LogP contribution is 2.36. The topological polar surface area (TPSA) is 0 Å². The van der Waals surface area contributed by atoms with E-state index in [4.69, 9.17) is 0 Å². The van der Waals surface area contributed by atoms with Crippen LogP contribution in [0.2, 0.25) is 0 Å². The van der Waals surface area contributed by atoms with Gasteiger partial charge in [0.05, 0.1) is 0 Å². The molecule has 0 radical (unpaired) electrons. The van der Waals surface area contributed by atoms with Gasteiger partial charge in [0.25, 0.3) is 0 Å². The minimum absolute atomic E-state index is 1.00. The highest BCUT2D eigenvalue weighted by molar-refractivity contribution is 14.1. The van der Waals surface area contributed by atoms with Crippen LogP contribution in [0.5, 0.6) is 0 Å². The van der Waals surface area contributed by atoms with Gasteiger partial charge in [-0.1, -0.05) is 48.5 Å². The molecule has 21 heavy (non-hydrogen) atoms. The van der Waals surface area contributed by atoms with Crippen LogP contribution in [0.25, 0.3) is 20.2 Å². The summed E-state index contributed by atoms with van der Waals surface area (Å²) in [5.74, 6) is 0. The van der Waals surface area contributed by atoms with Crippen molar-refractivity contribution in [3.05, 3.63) is 81.4 Å². The molecule has 1 heterocycles. The van der Waals surface area contributed by atoms with E-state index in [1.807, 2.05) is 11.3 Å². The SMILES string of the molecule is Ic1cc2c(cc1Cc1ccccc1)sc1ccccc12. The van der Waals surface area contributed by atoms with Crippen molar-refractivity contribution in [2.45, 2.75) is 6.42 Å². The van der Waals surface area contributed by atoms with E-state index in [0.29, 0.717) is 0 Å². The molecule has 0 aliphatic carbocycles. The van der Waals surface area contributed by atoms with E-state index >= 15 is 0 Å². The maximum absolute atomic E-state index is 2.47. The van der Waals surface area contributed by atoms with Gasteiger partial charge in [-0.25, -0.2) is 0 Å². The molecule has 2 heteroatoms.